The lowest BCUT2D eigenvalue weighted by Crippen LogP contribution is -2.45. The lowest BCUT2D eigenvalue weighted by Gasteiger charge is -2.18. The smallest absolute Gasteiger partial charge is 0.288 e. The Morgan fingerprint density at radius 1 is 1.05 bits per heavy atom. The average molecular weight is 551 g/mol. The maximum atomic E-state index is 13.3. The fourth-order valence-electron chi connectivity index (χ4n) is 3.58. The highest BCUT2D eigenvalue weighted by atomic mass is 35.5. The van der Waals surface area contributed by atoms with Gasteiger partial charge in [-0.1, -0.05) is 53.3 Å². The summed E-state index contributed by atoms with van der Waals surface area (Å²) >= 11 is 7.07. The van der Waals surface area contributed by atoms with Gasteiger partial charge in [-0.3, -0.25) is 25.0 Å². The molecule has 0 spiro atoms. The highest BCUT2D eigenvalue weighted by Crippen LogP contribution is 2.28. The number of nitrogens with zero attached hydrogens (tertiary/aromatic N) is 4. The summed E-state index contributed by atoms with van der Waals surface area (Å²) in [5.74, 6) is -1.16. The van der Waals surface area contributed by atoms with Gasteiger partial charge in [-0.25, -0.2) is 0 Å². The fraction of sp³-hybridized carbons (Fsp3) is 0.154. The van der Waals surface area contributed by atoms with Crippen LogP contribution >= 0.6 is 22.9 Å². The minimum absolute atomic E-state index is 0.00587. The van der Waals surface area contributed by atoms with Gasteiger partial charge >= 0.3 is 0 Å². The lowest BCUT2D eigenvalue weighted by atomic mass is 10.0. The van der Waals surface area contributed by atoms with Crippen LogP contribution in [0, 0.1) is 10.1 Å². The Balaban J connectivity index is 1.53. The number of amides is 2. The van der Waals surface area contributed by atoms with Crippen molar-refractivity contribution in [1.82, 2.24) is 15.5 Å². The number of nitrogens with one attached hydrogen (secondary N) is 2. The van der Waals surface area contributed by atoms with E-state index in [0.29, 0.717) is 5.01 Å². The Labute approximate surface area is 227 Å². The van der Waals surface area contributed by atoms with Gasteiger partial charge in [-0.05, 0) is 42.0 Å². The van der Waals surface area contributed by atoms with Crippen molar-refractivity contribution in [3.63, 3.8) is 0 Å². The van der Waals surface area contributed by atoms with E-state index in [1.807, 2.05) is 73.6 Å². The van der Waals surface area contributed by atoms with Crippen molar-refractivity contribution in [2.75, 3.05) is 24.3 Å². The number of benzene rings is 3. The second-order valence-corrected chi connectivity index (χ2v) is 9.87. The van der Waals surface area contributed by atoms with Crippen molar-refractivity contribution in [2.45, 2.75) is 12.5 Å². The van der Waals surface area contributed by atoms with Gasteiger partial charge in [0.25, 0.3) is 11.6 Å². The first-order valence-corrected chi connectivity index (χ1v) is 12.6. The molecule has 0 bridgehead atoms. The number of rotatable bonds is 9. The van der Waals surface area contributed by atoms with Crippen LogP contribution in [0.2, 0.25) is 5.02 Å². The Bertz CT molecular complexity index is 1460. The molecule has 3 aromatic carbocycles. The Morgan fingerprint density at radius 3 is 2.42 bits per heavy atom. The zero-order valence-corrected chi connectivity index (χ0v) is 22.0. The molecular weight excluding hydrogens is 528 g/mol. The molecule has 0 saturated carbocycles. The molecule has 1 heterocycles. The maximum Gasteiger partial charge on any atom is 0.288 e. The summed E-state index contributed by atoms with van der Waals surface area (Å²) in [5, 5.41) is 25.7. The molecule has 1 aromatic heterocycles. The van der Waals surface area contributed by atoms with Gasteiger partial charge in [0, 0.05) is 43.4 Å². The lowest BCUT2D eigenvalue weighted by molar-refractivity contribution is -0.384. The van der Waals surface area contributed by atoms with Crippen molar-refractivity contribution in [1.29, 1.82) is 0 Å². The number of anilines is 2. The molecule has 0 saturated heterocycles. The first-order valence-electron chi connectivity index (χ1n) is 11.4. The van der Waals surface area contributed by atoms with E-state index in [1.165, 1.54) is 23.5 Å². The Kier molecular flexibility index (Phi) is 8.29. The van der Waals surface area contributed by atoms with Gasteiger partial charge in [0.05, 0.1) is 4.92 Å². The summed E-state index contributed by atoms with van der Waals surface area (Å²) in [6.07, 6.45) is 0.186. The summed E-state index contributed by atoms with van der Waals surface area (Å²) in [6, 6.07) is 19.6. The number of nitro groups is 1. The van der Waals surface area contributed by atoms with E-state index in [2.05, 4.69) is 20.8 Å². The van der Waals surface area contributed by atoms with E-state index in [0.717, 1.165) is 22.9 Å². The quantitative estimate of drug-likeness (QED) is 0.226. The van der Waals surface area contributed by atoms with Crippen molar-refractivity contribution in [3.05, 3.63) is 99.1 Å². The van der Waals surface area contributed by atoms with Crippen molar-refractivity contribution < 1.29 is 14.5 Å². The number of carbonyl (C=O) groups excluding carboxylic acids is 2. The Morgan fingerprint density at radius 2 is 1.76 bits per heavy atom. The van der Waals surface area contributed by atoms with Crippen LogP contribution in [0.5, 0.6) is 0 Å². The molecule has 0 radical (unpaired) electrons. The van der Waals surface area contributed by atoms with E-state index in [1.54, 1.807) is 0 Å². The predicted octanol–water partition coefficient (Wildman–Crippen LogP) is 4.81. The first-order chi connectivity index (χ1) is 18.2. The summed E-state index contributed by atoms with van der Waals surface area (Å²) < 4.78 is 0. The number of nitro benzene ring substituents is 1. The van der Waals surface area contributed by atoms with Gasteiger partial charge in [0.1, 0.15) is 16.1 Å². The number of aromatic nitrogens is 2. The summed E-state index contributed by atoms with van der Waals surface area (Å²) in [6.45, 7) is 0. The number of hydrogen-bond donors (Lipinski definition) is 2. The standard InChI is InChI=1S/C26H23ClN6O4S/c1-32(2)19-11-8-17(9-12-19)25-30-31-26(38-25)29-24(35)21(14-16-6-4-3-5-7-16)28-23(34)18-10-13-20(27)22(15-18)33(36)37/h3-13,15,21H,14H2,1-2H3,(H,28,34)(H,29,31,35). The maximum absolute atomic E-state index is 13.3. The van der Waals surface area contributed by atoms with Crippen LogP contribution in [0.3, 0.4) is 0 Å². The van der Waals surface area contributed by atoms with Crippen LogP contribution in [-0.2, 0) is 11.2 Å². The van der Waals surface area contributed by atoms with Gasteiger partial charge < -0.3 is 10.2 Å². The van der Waals surface area contributed by atoms with Gasteiger partial charge in [0.15, 0.2) is 0 Å². The third kappa shape index (κ3) is 6.50. The molecule has 194 valence electrons. The van der Waals surface area contributed by atoms with E-state index in [-0.39, 0.29) is 22.1 Å². The molecule has 4 rings (SSSR count). The highest BCUT2D eigenvalue weighted by molar-refractivity contribution is 7.18. The third-order valence-corrected chi connectivity index (χ3v) is 6.80. The molecule has 38 heavy (non-hydrogen) atoms. The monoisotopic (exact) mass is 550 g/mol. The molecular formula is C26H23ClN6O4S. The third-order valence-electron chi connectivity index (χ3n) is 5.60. The predicted molar refractivity (Wildman–Crippen MR) is 148 cm³/mol. The van der Waals surface area contributed by atoms with E-state index >= 15 is 0 Å². The van der Waals surface area contributed by atoms with Crippen LogP contribution in [0.1, 0.15) is 15.9 Å². The molecule has 0 fully saturated rings. The first kappa shape index (κ1) is 26.7. The topological polar surface area (TPSA) is 130 Å². The number of hydrogen-bond acceptors (Lipinski definition) is 8. The summed E-state index contributed by atoms with van der Waals surface area (Å²) in [4.78, 5) is 38.8. The van der Waals surface area contributed by atoms with Crippen molar-refractivity contribution >= 4 is 51.3 Å². The van der Waals surface area contributed by atoms with Gasteiger partial charge in [-0.15, -0.1) is 10.2 Å². The second kappa shape index (κ2) is 11.8. The number of carbonyl (C=O) groups is 2. The minimum Gasteiger partial charge on any atom is -0.378 e. The fourth-order valence-corrected chi connectivity index (χ4v) is 4.52. The SMILES string of the molecule is CN(C)c1ccc(-c2nnc(NC(=O)C(Cc3ccccc3)NC(=O)c3ccc(Cl)c([N+](=O)[O-])c3)s2)cc1. The van der Waals surface area contributed by atoms with E-state index in [4.69, 9.17) is 11.6 Å². The van der Waals surface area contributed by atoms with Crippen molar-refractivity contribution in [3.8, 4) is 10.6 Å². The van der Waals surface area contributed by atoms with Gasteiger partial charge in [-0.2, -0.15) is 0 Å². The highest BCUT2D eigenvalue weighted by Gasteiger charge is 2.25. The minimum atomic E-state index is -0.994. The zero-order chi connectivity index (χ0) is 27.2. The zero-order valence-electron chi connectivity index (χ0n) is 20.4. The van der Waals surface area contributed by atoms with Crippen LogP contribution in [0.4, 0.5) is 16.5 Å². The molecule has 2 amide bonds. The van der Waals surface area contributed by atoms with E-state index in [9.17, 15) is 19.7 Å². The normalized spacial score (nSPS) is 11.4. The van der Waals surface area contributed by atoms with Crippen LogP contribution in [0.15, 0.2) is 72.8 Å². The molecule has 10 nitrogen and oxygen atoms in total. The summed E-state index contributed by atoms with van der Waals surface area (Å²) in [7, 11) is 3.90. The van der Waals surface area contributed by atoms with Crippen molar-refractivity contribution in [2.24, 2.45) is 0 Å². The van der Waals surface area contributed by atoms with Gasteiger partial charge in [0.2, 0.25) is 11.0 Å². The van der Waals surface area contributed by atoms with Crippen LogP contribution < -0.4 is 15.5 Å². The molecule has 1 atom stereocenters. The van der Waals surface area contributed by atoms with Crippen LogP contribution in [0.25, 0.3) is 10.6 Å². The molecule has 1 unspecified atom stereocenters. The number of halogens is 1. The average Bonchev–Trinajstić information content (AvgIpc) is 3.37. The Hall–Kier alpha value is -4.35. The second-order valence-electron chi connectivity index (χ2n) is 8.48. The molecule has 0 aliphatic heterocycles. The molecule has 4 aromatic rings. The molecule has 12 heteroatoms. The van der Waals surface area contributed by atoms with Crippen LogP contribution in [-0.4, -0.2) is 47.1 Å². The molecule has 0 aliphatic rings. The van der Waals surface area contributed by atoms with E-state index < -0.39 is 28.5 Å². The largest absolute Gasteiger partial charge is 0.378 e. The molecule has 2 N–H and O–H groups in total. The molecule has 0 aliphatic carbocycles. The summed E-state index contributed by atoms with van der Waals surface area (Å²) in [5.41, 5.74) is 2.31.